The van der Waals surface area contributed by atoms with Crippen molar-refractivity contribution in [1.29, 1.82) is 0 Å². The first-order valence-electron chi connectivity index (χ1n) is 8.55. The van der Waals surface area contributed by atoms with Crippen molar-refractivity contribution >= 4 is 23.3 Å². The molecule has 31 heavy (non-hydrogen) atoms. The molecule has 0 fully saturated rings. The second kappa shape index (κ2) is 7.98. The number of carbonyl (C=O) groups excluding carboxylic acids is 2. The maximum absolute atomic E-state index is 14.7. The number of primary amides is 1. The van der Waals surface area contributed by atoms with E-state index in [4.69, 9.17) is 5.73 Å². The number of carbonyl (C=O) groups is 2. The van der Waals surface area contributed by atoms with E-state index in [0.29, 0.717) is 17.1 Å². The van der Waals surface area contributed by atoms with Gasteiger partial charge in [-0.2, -0.15) is 13.2 Å². The van der Waals surface area contributed by atoms with E-state index in [2.05, 4.69) is 10.2 Å². The Morgan fingerprint density at radius 2 is 1.81 bits per heavy atom. The van der Waals surface area contributed by atoms with Crippen LogP contribution in [0.1, 0.15) is 21.5 Å². The van der Waals surface area contributed by atoms with Crippen LogP contribution < -0.4 is 21.2 Å². The summed E-state index contributed by atoms with van der Waals surface area (Å²) in [6.45, 7) is -0.604. The van der Waals surface area contributed by atoms with E-state index in [0.717, 1.165) is 12.1 Å². The summed E-state index contributed by atoms with van der Waals surface area (Å²) in [6.07, 6.45) is -5.46. The van der Waals surface area contributed by atoms with Crippen molar-refractivity contribution in [3.63, 3.8) is 0 Å². The van der Waals surface area contributed by atoms with Gasteiger partial charge in [0.2, 0.25) is 0 Å². The van der Waals surface area contributed by atoms with E-state index in [1.54, 1.807) is 0 Å². The third-order valence-electron chi connectivity index (χ3n) is 4.31. The van der Waals surface area contributed by atoms with Gasteiger partial charge in [-0.25, -0.2) is 23.0 Å². The number of hydrogen-bond donors (Lipinski definition) is 2. The topological polar surface area (TPSA) is 87.9 Å². The smallest absolute Gasteiger partial charge is 0.366 e. The van der Waals surface area contributed by atoms with Gasteiger partial charge < -0.3 is 15.9 Å². The molecule has 1 aliphatic rings. The number of rotatable bonds is 5. The number of benzene rings is 2. The predicted octanol–water partition coefficient (Wildman–Crippen LogP) is 2.68. The Hall–Kier alpha value is -3.48. The van der Waals surface area contributed by atoms with Crippen LogP contribution in [0, 0.1) is 17.5 Å². The molecule has 0 aromatic heterocycles. The molecule has 2 aromatic rings. The molecule has 1 aliphatic heterocycles. The Kier molecular flexibility index (Phi) is 5.72. The number of anilines is 2. The van der Waals surface area contributed by atoms with Crippen LogP contribution in [0.5, 0.6) is 0 Å². The number of nitrogens with two attached hydrogens (primary N) is 1. The summed E-state index contributed by atoms with van der Waals surface area (Å²) in [7, 11) is 1.49. The van der Waals surface area contributed by atoms with E-state index in [-0.39, 0.29) is 22.8 Å². The van der Waals surface area contributed by atoms with Crippen molar-refractivity contribution < 1.29 is 40.8 Å². The highest BCUT2D eigenvalue weighted by Gasteiger charge is 2.46. The highest BCUT2D eigenvalue weighted by molar-refractivity contribution is 6.00. The lowest BCUT2D eigenvalue weighted by Crippen LogP contribution is -2.44. The standard InChI is InChI=1S/C18H14F6N4O3/c1-26-6-8-3-13(21)14(5-12(8)20)27-7-9-2-10(19)4-11(16(25)29)15(9)28(27)31-17(30)18(22,23)24/h2-5,26H,6-7H2,1H3,(H2,25,29). The Labute approximate surface area is 170 Å². The Balaban J connectivity index is 2.16. The molecular formula is C18H14F6N4O3. The van der Waals surface area contributed by atoms with Gasteiger partial charge in [0.25, 0.3) is 5.91 Å². The van der Waals surface area contributed by atoms with Gasteiger partial charge in [0.15, 0.2) is 0 Å². The highest BCUT2D eigenvalue weighted by Crippen LogP contribution is 2.40. The first-order valence-corrected chi connectivity index (χ1v) is 8.55. The quantitative estimate of drug-likeness (QED) is 0.685. The highest BCUT2D eigenvalue weighted by atomic mass is 19.4. The Bertz CT molecular complexity index is 1060. The molecule has 0 bridgehead atoms. The number of nitrogens with one attached hydrogen (secondary N) is 1. The fourth-order valence-electron chi connectivity index (χ4n) is 3.05. The molecule has 0 atom stereocenters. The van der Waals surface area contributed by atoms with Gasteiger partial charge in [0.1, 0.15) is 23.1 Å². The van der Waals surface area contributed by atoms with Crippen molar-refractivity contribution in [2.24, 2.45) is 5.73 Å². The molecule has 166 valence electrons. The lowest BCUT2D eigenvalue weighted by atomic mass is 10.1. The summed E-state index contributed by atoms with van der Waals surface area (Å²) >= 11 is 0. The molecule has 1 amide bonds. The second-order valence-corrected chi connectivity index (χ2v) is 6.46. The van der Waals surface area contributed by atoms with Gasteiger partial charge in [-0.05, 0) is 25.2 Å². The monoisotopic (exact) mass is 448 g/mol. The van der Waals surface area contributed by atoms with Gasteiger partial charge in [0.05, 0.1) is 17.8 Å². The molecule has 0 spiro atoms. The largest absolute Gasteiger partial charge is 0.493 e. The number of hydrogen-bond acceptors (Lipinski definition) is 6. The van der Waals surface area contributed by atoms with E-state index in [1.165, 1.54) is 7.05 Å². The van der Waals surface area contributed by atoms with Crippen molar-refractivity contribution in [1.82, 2.24) is 5.32 Å². The molecule has 3 N–H and O–H groups in total. The minimum Gasteiger partial charge on any atom is -0.366 e. The van der Waals surface area contributed by atoms with Gasteiger partial charge in [-0.15, -0.1) is 5.17 Å². The number of amides is 1. The number of hydrazine groups is 1. The van der Waals surface area contributed by atoms with Gasteiger partial charge in [-0.3, -0.25) is 4.79 Å². The van der Waals surface area contributed by atoms with Crippen molar-refractivity contribution in [2.75, 3.05) is 17.2 Å². The molecule has 0 radical (unpaired) electrons. The maximum Gasteiger partial charge on any atom is 0.493 e. The van der Waals surface area contributed by atoms with Crippen molar-refractivity contribution in [3.05, 3.63) is 58.4 Å². The summed E-state index contributed by atoms with van der Waals surface area (Å²) in [5.41, 5.74) is 3.18. The third-order valence-corrected chi connectivity index (χ3v) is 4.31. The molecule has 0 saturated carbocycles. The molecule has 1 heterocycles. The zero-order chi connectivity index (χ0) is 23.1. The molecule has 2 aromatic carbocycles. The Morgan fingerprint density at radius 3 is 2.39 bits per heavy atom. The van der Waals surface area contributed by atoms with Crippen LogP contribution in [-0.2, 0) is 22.7 Å². The summed E-state index contributed by atoms with van der Waals surface area (Å²) in [4.78, 5) is 27.5. The molecule has 0 saturated heterocycles. The second-order valence-electron chi connectivity index (χ2n) is 6.46. The minimum absolute atomic E-state index is 0.0485. The maximum atomic E-state index is 14.7. The fraction of sp³-hybridized carbons (Fsp3) is 0.222. The molecule has 13 heteroatoms. The van der Waals surface area contributed by atoms with Gasteiger partial charge >= 0.3 is 12.1 Å². The zero-order valence-electron chi connectivity index (χ0n) is 15.7. The van der Waals surface area contributed by atoms with Crippen molar-refractivity contribution in [3.8, 4) is 0 Å². The molecule has 3 rings (SSSR count). The summed E-state index contributed by atoms with van der Waals surface area (Å²) in [6, 6.07) is 2.91. The molecule has 7 nitrogen and oxygen atoms in total. The number of nitrogens with zero attached hydrogens (tertiary/aromatic N) is 2. The third kappa shape index (κ3) is 4.21. The SMILES string of the molecule is CNCc1cc(F)c(N2Cc3cc(F)cc(C(N)=O)c3N2OC(=O)C(F)(F)F)cc1F. The summed E-state index contributed by atoms with van der Waals surface area (Å²) in [5, 5.41) is 3.38. The van der Waals surface area contributed by atoms with Crippen LogP contribution in [0.15, 0.2) is 24.3 Å². The van der Waals surface area contributed by atoms with Gasteiger partial charge in [-0.1, -0.05) is 0 Å². The minimum atomic E-state index is -5.46. The number of fused-ring (bicyclic) bond motifs is 1. The zero-order valence-corrected chi connectivity index (χ0v) is 15.7. The average Bonchev–Trinajstić information content (AvgIpc) is 3.00. The van der Waals surface area contributed by atoms with E-state index in [1.807, 2.05) is 0 Å². The van der Waals surface area contributed by atoms with Crippen molar-refractivity contribution in [2.45, 2.75) is 19.3 Å². The van der Waals surface area contributed by atoms with E-state index in [9.17, 15) is 35.9 Å². The van der Waals surface area contributed by atoms with Crippen LogP contribution in [0.25, 0.3) is 0 Å². The molecule has 0 unspecified atom stereocenters. The van der Waals surface area contributed by atoms with E-state index >= 15 is 0 Å². The van der Waals surface area contributed by atoms with Crippen LogP contribution >= 0.6 is 0 Å². The average molecular weight is 448 g/mol. The Morgan fingerprint density at radius 1 is 1.13 bits per heavy atom. The summed E-state index contributed by atoms with van der Waals surface area (Å²) < 4.78 is 81.4. The summed E-state index contributed by atoms with van der Waals surface area (Å²) in [5.74, 6) is -6.91. The molecular weight excluding hydrogens is 434 g/mol. The molecule has 0 aliphatic carbocycles. The number of alkyl halides is 3. The lowest BCUT2D eigenvalue weighted by molar-refractivity contribution is -0.201. The normalized spacial score (nSPS) is 13.4. The van der Waals surface area contributed by atoms with Crippen LogP contribution in [0.2, 0.25) is 0 Å². The number of halogens is 6. The van der Waals surface area contributed by atoms with Crippen LogP contribution in [-0.4, -0.2) is 25.1 Å². The van der Waals surface area contributed by atoms with Gasteiger partial charge in [0, 0.05) is 23.7 Å². The fourth-order valence-corrected chi connectivity index (χ4v) is 3.05. The van der Waals surface area contributed by atoms with Crippen LogP contribution in [0.4, 0.5) is 37.7 Å². The van der Waals surface area contributed by atoms with Crippen LogP contribution in [0.3, 0.4) is 0 Å². The predicted molar refractivity (Wildman–Crippen MR) is 94.8 cm³/mol. The first-order chi connectivity index (χ1) is 14.4. The first kappa shape index (κ1) is 22.2. The van der Waals surface area contributed by atoms with E-state index < -0.39 is 59.0 Å². The lowest BCUT2D eigenvalue weighted by Gasteiger charge is -2.30.